The molecule has 0 fully saturated rings. The molecule has 0 aliphatic carbocycles. The molecular formula is C14H24FN3. The van der Waals surface area contributed by atoms with Gasteiger partial charge in [-0.3, -0.25) is 0 Å². The number of halogens is 1. The summed E-state index contributed by atoms with van der Waals surface area (Å²) in [6.07, 6.45) is 1.11. The van der Waals surface area contributed by atoms with Gasteiger partial charge in [0.25, 0.3) is 0 Å². The van der Waals surface area contributed by atoms with Crippen molar-refractivity contribution in [2.45, 2.75) is 19.5 Å². The van der Waals surface area contributed by atoms with Crippen molar-refractivity contribution in [3.8, 4) is 0 Å². The molecule has 0 spiro atoms. The van der Waals surface area contributed by atoms with E-state index in [9.17, 15) is 4.39 Å². The second-order valence-corrected chi connectivity index (χ2v) is 5.07. The van der Waals surface area contributed by atoms with Gasteiger partial charge < -0.3 is 15.5 Å². The SMILES string of the molecule is CN(C)CCCN(C)Cc1cc(F)cc(CN)c1. The molecule has 1 rings (SSSR count). The van der Waals surface area contributed by atoms with Gasteiger partial charge in [0.1, 0.15) is 5.82 Å². The smallest absolute Gasteiger partial charge is 0.123 e. The average Bonchev–Trinajstić information content (AvgIpc) is 2.27. The summed E-state index contributed by atoms with van der Waals surface area (Å²) in [5.41, 5.74) is 7.39. The van der Waals surface area contributed by atoms with Gasteiger partial charge in [0.15, 0.2) is 0 Å². The minimum Gasteiger partial charge on any atom is -0.326 e. The Kier molecular flexibility index (Phi) is 6.25. The van der Waals surface area contributed by atoms with E-state index in [1.54, 1.807) is 6.07 Å². The highest BCUT2D eigenvalue weighted by Gasteiger charge is 2.04. The van der Waals surface area contributed by atoms with Crippen LogP contribution in [0.2, 0.25) is 0 Å². The summed E-state index contributed by atoms with van der Waals surface area (Å²) >= 11 is 0. The van der Waals surface area contributed by atoms with Crippen LogP contribution in [0.4, 0.5) is 4.39 Å². The minimum atomic E-state index is -0.199. The Labute approximate surface area is 109 Å². The first kappa shape index (κ1) is 15.1. The summed E-state index contributed by atoms with van der Waals surface area (Å²) < 4.78 is 13.3. The van der Waals surface area contributed by atoms with Crippen LogP contribution >= 0.6 is 0 Å². The summed E-state index contributed by atoms with van der Waals surface area (Å²) in [5.74, 6) is -0.199. The molecule has 0 amide bonds. The van der Waals surface area contributed by atoms with E-state index < -0.39 is 0 Å². The third-order valence-electron chi connectivity index (χ3n) is 2.85. The Hall–Kier alpha value is -0.970. The molecule has 0 heterocycles. The Morgan fingerprint density at radius 1 is 1.06 bits per heavy atom. The molecule has 1 aromatic carbocycles. The van der Waals surface area contributed by atoms with Crippen LogP contribution in [0.5, 0.6) is 0 Å². The van der Waals surface area contributed by atoms with Gasteiger partial charge in [-0.15, -0.1) is 0 Å². The Morgan fingerprint density at radius 3 is 2.33 bits per heavy atom. The first-order valence-corrected chi connectivity index (χ1v) is 6.33. The molecular weight excluding hydrogens is 229 g/mol. The molecule has 0 bridgehead atoms. The van der Waals surface area contributed by atoms with Crippen LogP contribution in [-0.4, -0.2) is 44.0 Å². The van der Waals surface area contributed by atoms with E-state index >= 15 is 0 Å². The molecule has 0 aliphatic heterocycles. The first-order valence-electron chi connectivity index (χ1n) is 6.33. The molecule has 102 valence electrons. The molecule has 4 heteroatoms. The molecule has 2 N–H and O–H groups in total. The van der Waals surface area contributed by atoms with Crippen LogP contribution in [0, 0.1) is 5.82 Å². The fourth-order valence-corrected chi connectivity index (χ4v) is 1.97. The van der Waals surface area contributed by atoms with Crippen LogP contribution in [0.1, 0.15) is 17.5 Å². The predicted molar refractivity (Wildman–Crippen MR) is 73.8 cm³/mol. The van der Waals surface area contributed by atoms with Crippen molar-refractivity contribution in [3.63, 3.8) is 0 Å². The second-order valence-electron chi connectivity index (χ2n) is 5.07. The highest BCUT2D eigenvalue weighted by Crippen LogP contribution is 2.11. The van der Waals surface area contributed by atoms with Gasteiger partial charge in [-0.25, -0.2) is 4.39 Å². The lowest BCUT2D eigenvalue weighted by atomic mass is 10.1. The Morgan fingerprint density at radius 2 is 1.72 bits per heavy atom. The lowest BCUT2D eigenvalue weighted by Crippen LogP contribution is -2.23. The van der Waals surface area contributed by atoms with E-state index in [-0.39, 0.29) is 5.82 Å². The van der Waals surface area contributed by atoms with E-state index in [1.807, 2.05) is 6.07 Å². The molecule has 0 saturated heterocycles. The quantitative estimate of drug-likeness (QED) is 0.802. The summed E-state index contributed by atoms with van der Waals surface area (Å²) in [7, 11) is 6.20. The van der Waals surface area contributed by atoms with Crippen molar-refractivity contribution >= 4 is 0 Å². The van der Waals surface area contributed by atoms with Gasteiger partial charge in [-0.05, 0) is 63.9 Å². The maximum atomic E-state index is 13.3. The Bertz CT molecular complexity index is 366. The fraction of sp³-hybridized carbons (Fsp3) is 0.571. The zero-order valence-corrected chi connectivity index (χ0v) is 11.6. The third-order valence-corrected chi connectivity index (χ3v) is 2.85. The number of nitrogens with two attached hydrogens (primary N) is 1. The maximum absolute atomic E-state index is 13.3. The highest BCUT2D eigenvalue weighted by molar-refractivity contribution is 5.24. The molecule has 1 aromatic rings. The van der Waals surface area contributed by atoms with Crippen molar-refractivity contribution in [2.75, 3.05) is 34.2 Å². The van der Waals surface area contributed by atoms with Crippen LogP contribution in [0.25, 0.3) is 0 Å². The van der Waals surface area contributed by atoms with E-state index in [4.69, 9.17) is 5.73 Å². The normalized spacial score (nSPS) is 11.5. The maximum Gasteiger partial charge on any atom is 0.123 e. The molecule has 3 nitrogen and oxygen atoms in total. The Balaban J connectivity index is 2.48. The second kappa shape index (κ2) is 7.46. The van der Waals surface area contributed by atoms with Crippen LogP contribution in [-0.2, 0) is 13.1 Å². The van der Waals surface area contributed by atoms with Gasteiger partial charge >= 0.3 is 0 Å². The van der Waals surface area contributed by atoms with Gasteiger partial charge in [0.2, 0.25) is 0 Å². The van der Waals surface area contributed by atoms with Gasteiger partial charge in [0.05, 0.1) is 0 Å². The van der Waals surface area contributed by atoms with Crippen molar-refractivity contribution in [1.29, 1.82) is 0 Å². The summed E-state index contributed by atoms with van der Waals surface area (Å²) in [6.45, 7) is 3.22. The average molecular weight is 253 g/mol. The number of nitrogens with zero attached hydrogens (tertiary/aromatic N) is 2. The largest absolute Gasteiger partial charge is 0.326 e. The third kappa shape index (κ3) is 5.58. The number of hydrogen-bond donors (Lipinski definition) is 1. The van der Waals surface area contributed by atoms with Crippen molar-refractivity contribution in [3.05, 3.63) is 35.1 Å². The van der Waals surface area contributed by atoms with Gasteiger partial charge in [-0.1, -0.05) is 6.07 Å². The minimum absolute atomic E-state index is 0.199. The zero-order chi connectivity index (χ0) is 13.5. The molecule has 0 saturated carbocycles. The highest BCUT2D eigenvalue weighted by atomic mass is 19.1. The van der Waals surface area contributed by atoms with Crippen LogP contribution < -0.4 is 5.73 Å². The first-order chi connectivity index (χ1) is 8.51. The van der Waals surface area contributed by atoms with Crippen molar-refractivity contribution < 1.29 is 4.39 Å². The number of rotatable bonds is 7. The molecule has 0 aromatic heterocycles. The van der Waals surface area contributed by atoms with E-state index in [2.05, 4.69) is 30.9 Å². The molecule has 0 radical (unpaired) electrons. The molecule has 0 unspecified atom stereocenters. The number of benzene rings is 1. The van der Waals surface area contributed by atoms with Gasteiger partial charge in [0, 0.05) is 13.1 Å². The van der Waals surface area contributed by atoms with Crippen molar-refractivity contribution in [2.24, 2.45) is 5.73 Å². The summed E-state index contributed by atoms with van der Waals surface area (Å²) in [5, 5.41) is 0. The monoisotopic (exact) mass is 253 g/mol. The van der Waals surface area contributed by atoms with E-state index in [0.717, 1.165) is 37.2 Å². The van der Waals surface area contributed by atoms with Crippen LogP contribution in [0.3, 0.4) is 0 Å². The number of hydrogen-bond acceptors (Lipinski definition) is 3. The molecule has 18 heavy (non-hydrogen) atoms. The molecule has 0 aliphatic rings. The predicted octanol–water partition coefficient (Wildman–Crippen LogP) is 1.67. The lowest BCUT2D eigenvalue weighted by Gasteiger charge is -2.18. The van der Waals surface area contributed by atoms with Crippen LogP contribution in [0.15, 0.2) is 18.2 Å². The van der Waals surface area contributed by atoms with Gasteiger partial charge in [-0.2, -0.15) is 0 Å². The van der Waals surface area contributed by atoms with E-state index in [1.165, 1.54) is 6.07 Å². The summed E-state index contributed by atoms with van der Waals surface area (Å²) in [6, 6.07) is 5.06. The standard InChI is InChI=1S/C14H24FN3/c1-17(2)5-4-6-18(3)11-13-7-12(10-16)8-14(15)9-13/h7-9H,4-6,10-11,16H2,1-3H3. The zero-order valence-electron chi connectivity index (χ0n) is 11.6. The fourth-order valence-electron chi connectivity index (χ4n) is 1.97. The molecule has 0 atom stereocenters. The van der Waals surface area contributed by atoms with Crippen molar-refractivity contribution in [1.82, 2.24) is 9.80 Å². The topological polar surface area (TPSA) is 32.5 Å². The van der Waals surface area contributed by atoms with E-state index in [0.29, 0.717) is 6.54 Å². The lowest BCUT2D eigenvalue weighted by molar-refractivity contribution is 0.294. The summed E-state index contributed by atoms with van der Waals surface area (Å²) in [4.78, 5) is 4.38.